The number of esters is 4. The van der Waals surface area contributed by atoms with Gasteiger partial charge in [0.05, 0.1) is 6.42 Å². The summed E-state index contributed by atoms with van der Waals surface area (Å²) in [5.74, 6) is -1.73. The molecule has 0 aromatic heterocycles. The van der Waals surface area contributed by atoms with Crippen molar-refractivity contribution in [3.63, 3.8) is 0 Å². The maximum atomic E-state index is 12.6. The van der Waals surface area contributed by atoms with Gasteiger partial charge in [-0.1, -0.05) is 40.7 Å². The molecular weight excluding hydrogens is 466 g/mol. The summed E-state index contributed by atoms with van der Waals surface area (Å²) in [5.41, 5.74) is 6.44. The Morgan fingerprint density at radius 2 is 1.36 bits per heavy atom. The number of carbonyl (C=O) groups excluding carboxylic acids is 4. The van der Waals surface area contributed by atoms with Crippen molar-refractivity contribution in [3.05, 3.63) is 23.8 Å². The number of nitrogens with two attached hydrogens (primary N) is 1. The van der Waals surface area contributed by atoms with E-state index >= 15 is 0 Å². The number of hydrogen-bond donors (Lipinski definition) is 1. The average Bonchev–Trinajstić information content (AvgIpc) is 2.74. The molecule has 1 aromatic rings. The van der Waals surface area contributed by atoms with Crippen LogP contribution in [0.3, 0.4) is 0 Å². The highest BCUT2D eigenvalue weighted by atomic mass is 16.6. The summed E-state index contributed by atoms with van der Waals surface area (Å²) in [4.78, 5) is 48.6. The van der Waals surface area contributed by atoms with E-state index in [4.69, 9.17) is 24.7 Å². The van der Waals surface area contributed by atoms with Gasteiger partial charge in [-0.05, 0) is 56.2 Å². The van der Waals surface area contributed by atoms with Crippen LogP contribution in [-0.4, -0.2) is 42.1 Å². The summed E-state index contributed by atoms with van der Waals surface area (Å²) in [6, 6.07) is 3.65. The molecule has 1 aromatic carbocycles. The molecule has 0 saturated carbocycles. The predicted octanol–water partition coefficient (Wildman–Crippen LogP) is 4.27. The molecule has 0 aliphatic rings. The fraction of sp³-hybridized carbons (Fsp3) is 0.630. The molecule has 2 N–H and O–H groups in total. The van der Waals surface area contributed by atoms with Crippen molar-refractivity contribution >= 4 is 23.9 Å². The Balaban J connectivity index is 2.85. The van der Waals surface area contributed by atoms with Crippen LogP contribution < -0.4 is 15.2 Å². The monoisotopic (exact) mass is 507 g/mol. The van der Waals surface area contributed by atoms with Gasteiger partial charge in [-0.2, -0.15) is 0 Å². The number of hydrogen-bond acceptors (Lipinski definition) is 9. The van der Waals surface area contributed by atoms with E-state index < -0.39 is 36.2 Å². The Morgan fingerprint density at radius 1 is 0.833 bits per heavy atom. The molecule has 0 aliphatic carbocycles. The maximum Gasteiger partial charge on any atom is 0.323 e. The van der Waals surface area contributed by atoms with Gasteiger partial charge in [-0.25, -0.2) is 0 Å². The third-order valence-corrected chi connectivity index (χ3v) is 5.08. The quantitative estimate of drug-likeness (QED) is 0.307. The predicted molar refractivity (Wildman–Crippen MR) is 134 cm³/mol. The van der Waals surface area contributed by atoms with Crippen molar-refractivity contribution in [3.8, 4) is 11.5 Å². The molecule has 1 rings (SSSR count). The second-order valence-electron chi connectivity index (χ2n) is 10.1. The van der Waals surface area contributed by atoms with Crippen molar-refractivity contribution < 1.29 is 38.1 Å². The van der Waals surface area contributed by atoms with E-state index in [0.717, 1.165) is 0 Å². The zero-order valence-electron chi connectivity index (χ0n) is 22.6. The standard InChI is InChI=1S/C27H41NO8/c1-8-10-23(29)35-21-13-12-19(15-22(21)36-24(30)11-9-2)14-20(28)26(32)34-18(4)17(3)33-25(31)16-27(5,6)7/h12-13,15,17-18,20H,8-11,14,16,28H2,1-7H3/t17?,18-,20-/m0/s1. The summed E-state index contributed by atoms with van der Waals surface area (Å²) in [6.07, 6.45) is 0.639. The second-order valence-corrected chi connectivity index (χ2v) is 10.1. The topological polar surface area (TPSA) is 131 Å². The van der Waals surface area contributed by atoms with Gasteiger partial charge in [-0.15, -0.1) is 0 Å². The van der Waals surface area contributed by atoms with Crippen molar-refractivity contribution in [2.24, 2.45) is 11.1 Å². The molecule has 0 saturated heterocycles. The molecule has 0 aliphatic heterocycles. The first-order valence-corrected chi connectivity index (χ1v) is 12.5. The Labute approximate surface area is 214 Å². The normalized spacial score (nSPS) is 13.8. The molecule has 0 fully saturated rings. The maximum absolute atomic E-state index is 12.6. The average molecular weight is 508 g/mol. The number of ether oxygens (including phenoxy) is 4. The first-order valence-electron chi connectivity index (χ1n) is 12.5. The molecule has 0 heterocycles. The van der Waals surface area contributed by atoms with Crippen LogP contribution in [0.1, 0.15) is 86.1 Å². The van der Waals surface area contributed by atoms with Gasteiger partial charge in [0.1, 0.15) is 18.2 Å². The molecule has 0 radical (unpaired) electrons. The zero-order valence-corrected chi connectivity index (χ0v) is 22.6. The van der Waals surface area contributed by atoms with Crippen LogP contribution in [0.25, 0.3) is 0 Å². The van der Waals surface area contributed by atoms with E-state index in [9.17, 15) is 19.2 Å². The fourth-order valence-corrected chi connectivity index (χ4v) is 3.08. The number of carbonyl (C=O) groups is 4. The van der Waals surface area contributed by atoms with Crippen LogP contribution in [0.5, 0.6) is 11.5 Å². The van der Waals surface area contributed by atoms with Crippen LogP contribution in [0.2, 0.25) is 0 Å². The molecule has 9 heteroatoms. The van der Waals surface area contributed by atoms with E-state index in [1.807, 2.05) is 34.6 Å². The van der Waals surface area contributed by atoms with Crippen molar-refractivity contribution in [1.29, 1.82) is 0 Å². The molecule has 9 nitrogen and oxygen atoms in total. The van der Waals surface area contributed by atoms with Gasteiger partial charge >= 0.3 is 23.9 Å². The van der Waals surface area contributed by atoms with Gasteiger partial charge in [0.25, 0.3) is 0 Å². The highest BCUT2D eigenvalue weighted by molar-refractivity contribution is 5.77. The molecule has 202 valence electrons. The van der Waals surface area contributed by atoms with Crippen LogP contribution >= 0.6 is 0 Å². The minimum Gasteiger partial charge on any atom is -0.459 e. The lowest BCUT2D eigenvalue weighted by Crippen LogP contribution is -2.39. The van der Waals surface area contributed by atoms with Gasteiger partial charge in [-0.3, -0.25) is 19.2 Å². The molecular formula is C27H41NO8. The lowest BCUT2D eigenvalue weighted by molar-refractivity contribution is -0.167. The molecule has 36 heavy (non-hydrogen) atoms. The summed E-state index contributed by atoms with van der Waals surface area (Å²) in [6.45, 7) is 12.8. The molecule has 0 bridgehead atoms. The van der Waals surface area contributed by atoms with Gasteiger partial charge in [0.2, 0.25) is 0 Å². The molecule has 0 amide bonds. The van der Waals surface area contributed by atoms with E-state index in [1.54, 1.807) is 19.9 Å². The van der Waals surface area contributed by atoms with Crippen molar-refractivity contribution in [2.75, 3.05) is 0 Å². The van der Waals surface area contributed by atoms with E-state index in [1.165, 1.54) is 12.1 Å². The minimum absolute atomic E-state index is 0.0868. The number of rotatable bonds is 13. The minimum atomic E-state index is -1.02. The van der Waals surface area contributed by atoms with Crippen LogP contribution in [-0.2, 0) is 35.1 Å². The van der Waals surface area contributed by atoms with Gasteiger partial charge in [0.15, 0.2) is 11.5 Å². The summed E-state index contributed by atoms with van der Waals surface area (Å²) in [7, 11) is 0. The zero-order chi connectivity index (χ0) is 27.5. The smallest absolute Gasteiger partial charge is 0.323 e. The number of benzene rings is 1. The van der Waals surface area contributed by atoms with E-state index in [2.05, 4.69) is 0 Å². The first kappa shape index (κ1) is 31.1. The summed E-state index contributed by atoms with van der Waals surface area (Å²) < 4.78 is 21.5. The highest BCUT2D eigenvalue weighted by Gasteiger charge is 2.26. The van der Waals surface area contributed by atoms with Crippen LogP contribution in [0.4, 0.5) is 0 Å². The highest BCUT2D eigenvalue weighted by Crippen LogP contribution is 2.30. The largest absolute Gasteiger partial charge is 0.459 e. The van der Waals surface area contributed by atoms with Gasteiger partial charge < -0.3 is 24.7 Å². The molecule has 3 atom stereocenters. The summed E-state index contributed by atoms with van der Waals surface area (Å²) >= 11 is 0. The van der Waals surface area contributed by atoms with Crippen LogP contribution in [0, 0.1) is 5.41 Å². The Hall–Kier alpha value is -2.94. The lowest BCUT2D eigenvalue weighted by atomic mass is 9.92. The summed E-state index contributed by atoms with van der Waals surface area (Å²) in [5, 5.41) is 0. The van der Waals surface area contributed by atoms with E-state index in [-0.39, 0.29) is 48.6 Å². The third kappa shape index (κ3) is 11.7. The fourth-order valence-electron chi connectivity index (χ4n) is 3.08. The lowest BCUT2D eigenvalue weighted by Gasteiger charge is -2.24. The van der Waals surface area contributed by atoms with Crippen LogP contribution in [0.15, 0.2) is 18.2 Å². The molecule has 0 spiro atoms. The molecule has 1 unspecified atom stereocenters. The third-order valence-electron chi connectivity index (χ3n) is 5.08. The Morgan fingerprint density at radius 3 is 1.89 bits per heavy atom. The first-order chi connectivity index (χ1) is 16.7. The van der Waals surface area contributed by atoms with E-state index in [0.29, 0.717) is 18.4 Å². The second kappa shape index (κ2) is 14.6. The SMILES string of the molecule is CCCC(=O)Oc1ccc(C[C@H](N)C(=O)O[C@@H](C)C(C)OC(=O)CC(C)(C)C)cc1OC(=O)CCC. The van der Waals surface area contributed by atoms with Gasteiger partial charge in [0, 0.05) is 12.8 Å². The van der Waals surface area contributed by atoms with Crippen molar-refractivity contribution in [2.45, 2.75) is 105 Å². The Bertz CT molecular complexity index is 906. The van der Waals surface area contributed by atoms with Crippen molar-refractivity contribution in [1.82, 2.24) is 0 Å². The Kier molecular flexibility index (Phi) is 12.6.